The summed E-state index contributed by atoms with van der Waals surface area (Å²) in [6.07, 6.45) is 0. The highest BCUT2D eigenvalue weighted by atomic mass is 31.9. The zero-order valence-electron chi connectivity index (χ0n) is 12.8. The Labute approximate surface area is 112 Å². The summed E-state index contributed by atoms with van der Waals surface area (Å²) in [7, 11) is 3.19. The van der Waals surface area contributed by atoms with E-state index in [9.17, 15) is 0 Å². The molecule has 0 aliphatic carbocycles. The fraction of sp³-hybridized carbons (Fsp3) is 0.857. The van der Waals surface area contributed by atoms with Crippen LogP contribution in [0.1, 0.15) is 72.4 Å². The van der Waals surface area contributed by atoms with Gasteiger partial charge in [-0.2, -0.15) is 0 Å². The predicted molar refractivity (Wildman–Crippen MR) is 86.6 cm³/mol. The summed E-state index contributed by atoms with van der Waals surface area (Å²) in [6, 6.07) is 0. The number of rotatable bonds is 0. The Kier molecular flexibility index (Phi) is 4.28. The van der Waals surface area contributed by atoms with Crippen molar-refractivity contribution in [3.05, 3.63) is 10.1 Å². The lowest BCUT2D eigenvalue weighted by molar-refractivity contribution is 0.607. The first kappa shape index (κ1) is 15.7. The van der Waals surface area contributed by atoms with Gasteiger partial charge < -0.3 is 0 Å². The van der Waals surface area contributed by atoms with Crippen LogP contribution in [0.2, 0.25) is 0 Å². The third kappa shape index (κ3) is 3.80. The van der Waals surface area contributed by atoms with Crippen LogP contribution in [0.15, 0.2) is 0 Å². The van der Waals surface area contributed by atoms with E-state index in [0.717, 1.165) is 0 Å². The minimum Gasteiger partial charge on any atom is -0.0814 e. The van der Waals surface area contributed by atoms with Crippen LogP contribution in [-0.4, -0.2) is 0 Å². The summed E-state index contributed by atoms with van der Waals surface area (Å²) in [4.78, 5) is 0. The van der Waals surface area contributed by atoms with E-state index in [2.05, 4.69) is 62.3 Å². The van der Waals surface area contributed by atoms with Gasteiger partial charge in [0.2, 0.25) is 0 Å². The molecule has 0 aliphatic heterocycles. The molecule has 0 radical (unpaired) electrons. The van der Waals surface area contributed by atoms with E-state index < -0.39 is 0 Å². The first-order chi connectivity index (χ1) is 7.33. The Bertz CT molecular complexity index is 363. The van der Waals surface area contributed by atoms with Gasteiger partial charge in [0, 0.05) is 15.2 Å². The zero-order valence-corrected chi connectivity index (χ0v) is 15.5. The first-order valence-electron chi connectivity index (χ1n) is 6.32. The second kappa shape index (κ2) is 4.63. The summed E-state index contributed by atoms with van der Waals surface area (Å²) in [6.45, 7) is 21.5. The smallest absolute Gasteiger partial charge is 0.0166 e. The third-order valence-electron chi connectivity index (χ3n) is 2.58. The maximum Gasteiger partial charge on any atom is 0.0166 e. The molecule has 0 aliphatic rings. The van der Waals surface area contributed by atoms with Gasteiger partial charge in [-0.25, -0.2) is 0 Å². The van der Waals surface area contributed by atoms with Crippen molar-refractivity contribution in [3.63, 3.8) is 0 Å². The van der Waals surface area contributed by atoms with E-state index in [1.807, 2.05) is 0 Å². The molecular weight excluding hydrogens is 261 g/mol. The van der Waals surface area contributed by atoms with Crippen molar-refractivity contribution in [3.8, 4) is 0 Å². The Morgan fingerprint density at radius 1 is 0.765 bits per heavy atom. The molecule has 98 valence electrons. The minimum atomic E-state index is -0.00174. The molecular formula is C14H27P3. The first-order valence-corrected chi connectivity index (χ1v) is 10.2. The molecule has 0 nitrogen and oxygen atoms in total. The monoisotopic (exact) mass is 288 g/mol. The Morgan fingerprint density at radius 3 is 1.47 bits per heavy atom. The quantitative estimate of drug-likeness (QED) is 0.474. The van der Waals surface area contributed by atoms with E-state index >= 15 is 0 Å². The fourth-order valence-corrected chi connectivity index (χ4v) is 12.5. The zero-order chi connectivity index (χ0) is 13.6. The van der Waals surface area contributed by atoms with Gasteiger partial charge in [0.25, 0.3) is 0 Å². The van der Waals surface area contributed by atoms with Crippen LogP contribution < -0.4 is 0 Å². The molecule has 1 atom stereocenters. The van der Waals surface area contributed by atoms with Crippen molar-refractivity contribution < 1.29 is 0 Å². The standard InChI is InChI=1S/C14H27P3/c1-12(2,3)10-15-11(13(4,5)6)17(16-10)14(7,8)9/h1-9H3. The fourth-order valence-electron chi connectivity index (χ4n) is 1.58. The molecule has 0 saturated heterocycles. The van der Waals surface area contributed by atoms with Gasteiger partial charge in [-0.3, -0.25) is 0 Å². The van der Waals surface area contributed by atoms with E-state index in [-0.39, 0.29) is 7.21 Å². The van der Waals surface area contributed by atoms with E-state index in [0.29, 0.717) is 16.0 Å². The summed E-state index contributed by atoms with van der Waals surface area (Å²) in [5.41, 5.74) is 0.725. The molecule has 0 saturated carbocycles. The van der Waals surface area contributed by atoms with Crippen LogP contribution in [0.25, 0.3) is 0 Å². The Balaban J connectivity index is 3.44. The topological polar surface area (TPSA) is 0 Å². The number of hydrogen-bond donors (Lipinski definition) is 0. The highest BCUT2D eigenvalue weighted by molar-refractivity contribution is 8.06. The van der Waals surface area contributed by atoms with Gasteiger partial charge in [-0.05, 0) is 18.7 Å². The Hall–Kier alpha value is 0.640. The molecule has 3 heteroatoms. The summed E-state index contributed by atoms with van der Waals surface area (Å²) in [5.74, 6) is 0. The maximum atomic E-state index is 2.42. The third-order valence-corrected chi connectivity index (χ3v) is 13.8. The van der Waals surface area contributed by atoms with Crippen LogP contribution in [-0.2, 0) is 16.0 Å². The van der Waals surface area contributed by atoms with E-state index in [1.54, 1.807) is 26.1 Å². The lowest BCUT2D eigenvalue weighted by Crippen LogP contribution is -2.11. The molecule has 0 spiro atoms. The van der Waals surface area contributed by atoms with Gasteiger partial charge >= 0.3 is 0 Å². The summed E-state index contributed by atoms with van der Waals surface area (Å²) >= 11 is 0. The average Bonchev–Trinajstić information content (AvgIpc) is 2.42. The van der Waals surface area contributed by atoms with Crippen molar-refractivity contribution in [2.24, 2.45) is 0 Å². The highest BCUT2D eigenvalue weighted by Gasteiger charge is 2.30. The maximum absolute atomic E-state index is 2.42. The molecule has 0 bridgehead atoms. The van der Waals surface area contributed by atoms with Crippen LogP contribution in [0.3, 0.4) is 0 Å². The highest BCUT2D eigenvalue weighted by Crippen LogP contribution is 2.66. The van der Waals surface area contributed by atoms with Crippen molar-refractivity contribution in [2.45, 2.75) is 78.3 Å². The molecule has 0 aromatic carbocycles. The van der Waals surface area contributed by atoms with Crippen molar-refractivity contribution in [1.29, 1.82) is 0 Å². The Morgan fingerprint density at radius 2 is 1.24 bits per heavy atom. The second-order valence-corrected chi connectivity index (χ2v) is 14.5. The van der Waals surface area contributed by atoms with Gasteiger partial charge in [0.1, 0.15) is 0 Å². The van der Waals surface area contributed by atoms with Gasteiger partial charge in [0.15, 0.2) is 0 Å². The van der Waals surface area contributed by atoms with Gasteiger partial charge in [-0.1, -0.05) is 77.7 Å². The molecule has 1 aromatic rings. The van der Waals surface area contributed by atoms with E-state index in [4.69, 9.17) is 0 Å². The van der Waals surface area contributed by atoms with Gasteiger partial charge in [0.05, 0.1) is 0 Å². The molecule has 0 fully saturated rings. The minimum absolute atomic E-state index is 0.00174. The molecule has 1 aromatic heterocycles. The molecule has 1 unspecified atom stereocenters. The summed E-state index contributed by atoms with van der Waals surface area (Å²) in [5, 5.41) is 3.97. The molecule has 1 rings (SSSR count). The van der Waals surface area contributed by atoms with Crippen LogP contribution in [0.5, 0.6) is 0 Å². The van der Waals surface area contributed by atoms with E-state index in [1.165, 1.54) is 0 Å². The lowest BCUT2D eigenvalue weighted by atomic mass is 10.0. The SMILES string of the molecule is CC(C)(C)c1pc(C(C)(C)C)p(C(C)(C)C)p1. The largest absolute Gasteiger partial charge is 0.0814 e. The summed E-state index contributed by atoms with van der Waals surface area (Å²) < 4.78 is 0. The van der Waals surface area contributed by atoms with Gasteiger partial charge in [-0.15, -0.1) is 0 Å². The molecule has 0 N–H and O–H groups in total. The lowest BCUT2D eigenvalue weighted by Gasteiger charge is -2.26. The van der Waals surface area contributed by atoms with Crippen LogP contribution >= 0.6 is 23.3 Å². The van der Waals surface area contributed by atoms with Crippen LogP contribution in [0, 0.1) is 0 Å². The average molecular weight is 288 g/mol. The molecule has 1 heterocycles. The van der Waals surface area contributed by atoms with Crippen molar-refractivity contribution >= 4 is 23.3 Å². The van der Waals surface area contributed by atoms with Crippen molar-refractivity contribution in [1.82, 2.24) is 0 Å². The van der Waals surface area contributed by atoms with Crippen LogP contribution in [0.4, 0.5) is 0 Å². The molecule has 17 heavy (non-hydrogen) atoms. The van der Waals surface area contributed by atoms with Crippen molar-refractivity contribution in [2.75, 3.05) is 0 Å². The molecule has 0 amide bonds. The number of hydrogen-bond acceptors (Lipinski definition) is 0. The predicted octanol–water partition coefficient (Wildman–Crippen LogP) is 7.18. The second-order valence-electron chi connectivity index (χ2n) is 7.84. The normalized spacial score (nSPS) is 16.2.